The molecule has 0 amide bonds. The molecule has 1 N–H and O–H groups in total. The Hall–Kier alpha value is -0.860. The first-order valence-electron chi connectivity index (χ1n) is 7.25. The Bertz CT molecular complexity index is 319. The summed E-state index contributed by atoms with van der Waals surface area (Å²) in [5, 5.41) is 3.54. The number of benzene rings is 1. The van der Waals surface area contributed by atoms with Crippen LogP contribution in [-0.2, 0) is 6.42 Å². The van der Waals surface area contributed by atoms with Crippen LogP contribution in [0.4, 0.5) is 0 Å². The molecule has 18 heavy (non-hydrogen) atoms. The van der Waals surface area contributed by atoms with E-state index in [-0.39, 0.29) is 0 Å². The molecule has 1 rings (SSSR count). The van der Waals surface area contributed by atoms with Gasteiger partial charge in [0.2, 0.25) is 0 Å². The first-order valence-corrected chi connectivity index (χ1v) is 7.25. The largest absolute Gasteiger partial charge is 0.316 e. The Morgan fingerprint density at radius 3 is 2.44 bits per heavy atom. The van der Waals surface area contributed by atoms with Crippen molar-refractivity contribution in [2.45, 2.75) is 33.6 Å². The van der Waals surface area contributed by atoms with Gasteiger partial charge in [0.05, 0.1) is 0 Å². The van der Waals surface area contributed by atoms with Gasteiger partial charge in [-0.1, -0.05) is 38.1 Å². The summed E-state index contributed by atoms with van der Waals surface area (Å²) in [4.78, 5) is 2.48. The monoisotopic (exact) mass is 248 g/mol. The molecule has 1 aromatic carbocycles. The van der Waals surface area contributed by atoms with E-state index in [4.69, 9.17) is 0 Å². The third-order valence-electron chi connectivity index (χ3n) is 3.55. The van der Waals surface area contributed by atoms with Crippen molar-refractivity contribution in [3.05, 3.63) is 35.4 Å². The van der Waals surface area contributed by atoms with E-state index in [0.29, 0.717) is 0 Å². The van der Waals surface area contributed by atoms with Crippen molar-refractivity contribution in [3.8, 4) is 0 Å². The molecule has 0 fully saturated rings. The van der Waals surface area contributed by atoms with E-state index in [1.54, 1.807) is 0 Å². The molecule has 0 saturated carbocycles. The molecule has 0 aliphatic carbocycles. The number of aryl methyl sites for hydroxylation is 1. The lowest BCUT2D eigenvalue weighted by Crippen LogP contribution is -2.27. The van der Waals surface area contributed by atoms with Crippen LogP contribution in [-0.4, -0.2) is 37.6 Å². The van der Waals surface area contributed by atoms with E-state index in [1.165, 1.54) is 37.2 Å². The quantitative estimate of drug-likeness (QED) is 0.676. The SMILES string of the molecule is CCN(CC)CCCNCCc1ccccc1C. The second-order valence-corrected chi connectivity index (χ2v) is 4.81. The fourth-order valence-corrected chi connectivity index (χ4v) is 2.21. The van der Waals surface area contributed by atoms with Gasteiger partial charge in [-0.25, -0.2) is 0 Å². The Kier molecular flexibility index (Phi) is 7.70. The Labute approximate surface area is 112 Å². The highest BCUT2D eigenvalue weighted by Crippen LogP contribution is 2.06. The molecule has 0 unspecified atom stereocenters. The van der Waals surface area contributed by atoms with E-state index < -0.39 is 0 Å². The molecule has 0 spiro atoms. The molecule has 0 aliphatic rings. The van der Waals surface area contributed by atoms with Crippen molar-refractivity contribution in [1.29, 1.82) is 0 Å². The number of nitrogens with zero attached hydrogens (tertiary/aromatic N) is 1. The van der Waals surface area contributed by atoms with Gasteiger partial charge in [-0.05, 0) is 63.6 Å². The van der Waals surface area contributed by atoms with Crippen molar-refractivity contribution in [2.24, 2.45) is 0 Å². The zero-order valence-corrected chi connectivity index (χ0v) is 12.2. The lowest BCUT2D eigenvalue weighted by molar-refractivity contribution is 0.298. The minimum absolute atomic E-state index is 1.09. The van der Waals surface area contributed by atoms with E-state index in [9.17, 15) is 0 Å². The minimum Gasteiger partial charge on any atom is -0.316 e. The second kappa shape index (κ2) is 9.12. The predicted molar refractivity (Wildman–Crippen MR) is 80.2 cm³/mol. The van der Waals surface area contributed by atoms with Crippen molar-refractivity contribution in [2.75, 3.05) is 32.7 Å². The molecule has 1 aromatic rings. The Morgan fingerprint density at radius 1 is 1.06 bits per heavy atom. The average Bonchev–Trinajstić information content (AvgIpc) is 2.40. The molecule has 0 atom stereocenters. The summed E-state index contributed by atoms with van der Waals surface area (Å²) >= 11 is 0. The van der Waals surface area contributed by atoms with Gasteiger partial charge in [-0.2, -0.15) is 0 Å². The maximum absolute atomic E-state index is 3.54. The topological polar surface area (TPSA) is 15.3 Å². The van der Waals surface area contributed by atoms with Crippen LogP contribution in [0.5, 0.6) is 0 Å². The smallest absolute Gasteiger partial charge is 0.000687 e. The fourth-order valence-electron chi connectivity index (χ4n) is 2.21. The van der Waals surface area contributed by atoms with Gasteiger partial charge in [-0.3, -0.25) is 0 Å². The summed E-state index contributed by atoms with van der Waals surface area (Å²) in [6, 6.07) is 8.65. The van der Waals surface area contributed by atoms with Gasteiger partial charge in [0.25, 0.3) is 0 Å². The summed E-state index contributed by atoms with van der Waals surface area (Å²) in [6.45, 7) is 12.4. The summed E-state index contributed by atoms with van der Waals surface area (Å²) in [5.74, 6) is 0. The lowest BCUT2D eigenvalue weighted by Gasteiger charge is -2.17. The lowest BCUT2D eigenvalue weighted by atomic mass is 10.1. The van der Waals surface area contributed by atoms with Crippen LogP contribution in [0.1, 0.15) is 31.4 Å². The molecule has 2 heteroatoms. The summed E-state index contributed by atoms with van der Waals surface area (Å²) in [5.41, 5.74) is 2.87. The van der Waals surface area contributed by atoms with E-state index >= 15 is 0 Å². The molecule has 0 saturated heterocycles. The number of nitrogens with one attached hydrogen (secondary N) is 1. The van der Waals surface area contributed by atoms with Crippen LogP contribution < -0.4 is 5.32 Å². The van der Waals surface area contributed by atoms with Crippen LogP contribution in [0.15, 0.2) is 24.3 Å². The average molecular weight is 248 g/mol. The first-order chi connectivity index (χ1) is 8.77. The normalized spacial score (nSPS) is 11.1. The highest BCUT2D eigenvalue weighted by Gasteiger charge is 1.99. The molecule has 0 radical (unpaired) electrons. The van der Waals surface area contributed by atoms with Crippen LogP contribution >= 0.6 is 0 Å². The standard InChI is InChI=1S/C16H28N2/c1-4-18(5-2)14-8-12-17-13-11-16-10-7-6-9-15(16)3/h6-7,9-10,17H,4-5,8,11-14H2,1-3H3. The molecule has 0 bridgehead atoms. The zero-order valence-electron chi connectivity index (χ0n) is 12.2. The van der Waals surface area contributed by atoms with Gasteiger partial charge in [0.1, 0.15) is 0 Å². The van der Waals surface area contributed by atoms with Crippen molar-refractivity contribution in [1.82, 2.24) is 10.2 Å². The van der Waals surface area contributed by atoms with Crippen molar-refractivity contribution < 1.29 is 0 Å². The van der Waals surface area contributed by atoms with Gasteiger partial charge in [0, 0.05) is 0 Å². The first kappa shape index (κ1) is 15.2. The maximum Gasteiger partial charge on any atom is -0.000687 e. The van der Waals surface area contributed by atoms with Gasteiger partial charge >= 0.3 is 0 Å². The number of rotatable bonds is 9. The third kappa shape index (κ3) is 5.65. The van der Waals surface area contributed by atoms with E-state index in [0.717, 1.165) is 19.5 Å². The maximum atomic E-state index is 3.54. The highest BCUT2D eigenvalue weighted by atomic mass is 15.1. The molecule has 2 nitrogen and oxygen atoms in total. The van der Waals surface area contributed by atoms with Gasteiger partial charge in [-0.15, -0.1) is 0 Å². The Balaban J connectivity index is 2.07. The zero-order chi connectivity index (χ0) is 13.2. The second-order valence-electron chi connectivity index (χ2n) is 4.81. The van der Waals surface area contributed by atoms with Crippen LogP contribution in [0.25, 0.3) is 0 Å². The summed E-state index contributed by atoms with van der Waals surface area (Å²) in [7, 11) is 0. The fraction of sp³-hybridized carbons (Fsp3) is 0.625. The van der Waals surface area contributed by atoms with Gasteiger partial charge in [0.15, 0.2) is 0 Å². The molecule has 0 heterocycles. The predicted octanol–water partition coefficient (Wildman–Crippen LogP) is 2.86. The summed E-state index contributed by atoms with van der Waals surface area (Å²) in [6.07, 6.45) is 2.38. The van der Waals surface area contributed by atoms with Crippen molar-refractivity contribution in [3.63, 3.8) is 0 Å². The van der Waals surface area contributed by atoms with Crippen LogP contribution in [0, 0.1) is 6.92 Å². The minimum atomic E-state index is 1.09. The molecule has 0 aliphatic heterocycles. The summed E-state index contributed by atoms with van der Waals surface area (Å²) < 4.78 is 0. The Morgan fingerprint density at radius 2 is 1.78 bits per heavy atom. The molecule has 0 aromatic heterocycles. The third-order valence-corrected chi connectivity index (χ3v) is 3.55. The number of hydrogen-bond acceptors (Lipinski definition) is 2. The van der Waals surface area contributed by atoms with E-state index in [2.05, 4.69) is 55.3 Å². The highest BCUT2D eigenvalue weighted by molar-refractivity contribution is 5.25. The molecule has 102 valence electrons. The van der Waals surface area contributed by atoms with Gasteiger partial charge < -0.3 is 10.2 Å². The molecular weight excluding hydrogens is 220 g/mol. The van der Waals surface area contributed by atoms with Crippen LogP contribution in [0.3, 0.4) is 0 Å². The van der Waals surface area contributed by atoms with E-state index in [1.807, 2.05) is 0 Å². The van der Waals surface area contributed by atoms with Crippen molar-refractivity contribution >= 4 is 0 Å². The van der Waals surface area contributed by atoms with Crippen LogP contribution in [0.2, 0.25) is 0 Å². The number of hydrogen-bond donors (Lipinski definition) is 1. The molecular formula is C16H28N2.